The van der Waals surface area contributed by atoms with Crippen LogP contribution in [0.1, 0.15) is 26.7 Å². The predicted octanol–water partition coefficient (Wildman–Crippen LogP) is 0.379. The number of hydrogen-bond acceptors (Lipinski definition) is 2. The highest BCUT2D eigenvalue weighted by atomic mass is 16.2. The fraction of sp³-hybridized carbons (Fsp3) is 0.818. The lowest BCUT2D eigenvalue weighted by atomic mass is 10.0. The molecule has 1 aliphatic heterocycles. The van der Waals surface area contributed by atoms with Crippen molar-refractivity contribution in [1.29, 1.82) is 0 Å². The molecule has 1 N–H and O–H groups in total. The van der Waals surface area contributed by atoms with E-state index in [1.807, 2.05) is 0 Å². The second-order valence-corrected chi connectivity index (χ2v) is 4.75. The van der Waals surface area contributed by atoms with Crippen LogP contribution in [-0.4, -0.2) is 35.8 Å². The SMILES string of the molecule is CC(CN1C(=O)CNC(=O)C1C)C1CC1. The molecule has 0 aromatic carbocycles. The highest BCUT2D eigenvalue weighted by molar-refractivity contribution is 5.94. The third-order valence-corrected chi connectivity index (χ3v) is 3.49. The van der Waals surface area contributed by atoms with Crippen LogP contribution in [0.3, 0.4) is 0 Å². The maximum Gasteiger partial charge on any atom is 0.242 e. The van der Waals surface area contributed by atoms with E-state index in [0.717, 1.165) is 12.5 Å². The highest BCUT2D eigenvalue weighted by Gasteiger charge is 2.35. The molecular weight excluding hydrogens is 192 g/mol. The lowest BCUT2D eigenvalue weighted by molar-refractivity contribution is -0.145. The lowest BCUT2D eigenvalue weighted by Crippen LogP contribution is -2.58. The molecule has 0 aromatic heterocycles. The van der Waals surface area contributed by atoms with Crippen molar-refractivity contribution >= 4 is 11.8 Å². The molecule has 0 aromatic rings. The normalized spacial score (nSPS) is 28.9. The molecule has 15 heavy (non-hydrogen) atoms. The van der Waals surface area contributed by atoms with Crippen molar-refractivity contribution in [2.45, 2.75) is 32.7 Å². The molecule has 1 heterocycles. The van der Waals surface area contributed by atoms with Gasteiger partial charge in [-0.15, -0.1) is 0 Å². The molecule has 1 aliphatic carbocycles. The Kier molecular flexibility index (Phi) is 2.67. The van der Waals surface area contributed by atoms with E-state index in [1.54, 1.807) is 11.8 Å². The standard InChI is InChI=1S/C11H18N2O2/c1-7(9-3-4-9)6-13-8(2)11(15)12-5-10(13)14/h7-9H,3-6H2,1-2H3,(H,12,15). The molecule has 4 nitrogen and oxygen atoms in total. The second-order valence-electron chi connectivity index (χ2n) is 4.75. The maximum absolute atomic E-state index is 11.6. The number of nitrogens with one attached hydrogen (secondary N) is 1. The van der Waals surface area contributed by atoms with Crippen LogP contribution in [0.5, 0.6) is 0 Å². The number of carbonyl (C=O) groups is 2. The quantitative estimate of drug-likeness (QED) is 0.732. The van der Waals surface area contributed by atoms with Gasteiger partial charge in [-0.25, -0.2) is 0 Å². The number of nitrogens with zero attached hydrogens (tertiary/aromatic N) is 1. The monoisotopic (exact) mass is 210 g/mol. The first-order valence-corrected chi connectivity index (χ1v) is 5.66. The van der Waals surface area contributed by atoms with Crippen LogP contribution < -0.4 is 5.32 Å². The predicted molar refractivity (Wildman–Crippen MR) is 56.1 cm³/mol. The molecule has 84 valence electrons. The first kappa shape index (κ1) is 10.5. The van der Waals surface area contributed by atoms with E-state index in [9.17, 15) is 9.59 Å². The van der Waals surface area contributed by atoms with Gasteiger partial charge in [0, 0.05) is 6.54 Å². The zero-order chi connectivity index (χ0) is 11.0. The van der Waals surface area contributed by atoms with Crippen molar-refractivity contribution in [3.05, 3.63) is 0 Å². The van der Waals surface area contributed by atoms with E-state index in [4.69, 9.17) is 0 Å². The molecule has 2 fully saturated rings. The minimum Gasteiger partial charge on any atom is -0.345 e. The molecule has 1 saturated heterocycles. The van der Waals surface area contributed by atoms with Gasteiger partial charge in [-0.2, -0.15) is 0 Å². The van der Waals surface area contributed by atoms with Crippen LogP contribution in [0.4, 0.5) is 0 Å². The maximum atomic E-state index is 11.6. The van der Waals surface area contributed by atoms with Gasteiger partial charge in [0.25, 0.3) is 0 Å². The first-order chi connectivity index (χ1) is 7.09. The minimum absolute atomic E-state index is 0.0300. The largest absolute Gasteiger partial charge is 0.345 e. The Morgan fingerprint density at radius 2 is 2.13 bits per heavy atom. The molecule has 2 atom stereocenters. The second kappa shape index (κ2) is 3.83. The summed E-state index contributed by atoms with van der Waals surface area (Å²) in [5, 5.41) is 2.60. The third-order valence-electron chi connectivity index (χ3n) is 3.49. The highest BCUT2D eigenvalue weighted by Crippen LogP contribution is 2.37. The molecule has 0 bridgehead atoms. The molecular formula is C11H18N2O2. The summed E-state index contributed by atoms with van der Waals surface area (Å²) < 4.78 is 0. The number of piperazine rings is 1. The van der Waals surface area contributed by atoms with Gasteiger partial charge in [0.15, 0.2) is 0 Å². The van der Waals surface area contributed by atoms with Crippen molar-refractivity contribution in [2.24, 2.45) is 11.8 Å². The Balaban J connectivity index is 1.97. The fourth-order valence-electron chi connectivity index (χ4n) is 2.15. The van der Waals surface area contributed by atoms with Gasteiger partial charge in [-0.05, 0) is 31.6 Å². The van der Waals surface area contributed by atoms with Crippen LogP contribution in [0.25, 0.3) is 0 Å². The Morgan fingerprint density at radius 1 is 1.47 bits per heavy atom. The van der Waals surface area contributed by atoms with Crippen LogP contribution in [0, 0.1) is 11.8 Å². The topological polar surface area (TPSA) is 49.4 Å². The molecule has 2 aliphatic rings. The Hall–Kier alpha value is -1.06. The first-order valence-electron chi connectivity index (χ1n) is 5.66. The molecule has 2 rings (SSSR count). The average molecular weight is 210 g/mol. The summed E-state index contributed by atoms with van der Waals surface area (Å²) in [7, 11) is 0. The molecule has 2 amide bonds. The third kappa shape index (κ3) is 2.13. The lowest BCUT2D eigenvalue weighted by Gasteiger charge is -2.34. The molecule has 0 radical (unpaired) electrons. The summed E-state index contributed by atoms with van der Waals surface area (Å²) in [4.78, 5) is 24.8. The summed E-state index contributed by atoms with van der Waals surface area (Å²) in [5.41, 5.74) is 0. The van der Waals surface area contributed by atoms with E-state index in [1.165, 1.54) is 12.8 Å². The summed E-state index contributed by atoms with van der Waals surface area (Å²) >= 11 is 0. The number of hydrogen-bond donors (Lipinski definition) is 1. The summed E-state index contributed by atoms with van der Waals surface area (Å²) in [5.74, 6) is 1.32. The zero-order valence-corrected chi connectivity index (χ0v) is 9.32. The Labute approximate surface area is 90.0 Å². The van der Waals surface area contributed by atoms with Crippen molar-refractivity contribution in [2.75, 3.05) is 13.1 Å². The minimum atomic E-state index is -0.299. The average Bonchev–Trinajstić information content (AvgIpc) is 3.02. The van der Waals surface area contributed by atoms with Crippen molar-refractivity contribution in [1.82, 2.24) is 10.2 Å². The van der Waals surface area contributed by atoms with E-state index in [2.05, 4.69) is 12.2 Å². The number of amides is 2. The zero-order valence-electron chi connectivity index (χ0n) is 9.32. The molecule has 1 saturated carbocycles. The van der Waals surface area contributed by atoms with E-state index in [0.29, 0.717) is 5.92 Å². The fourth-order valence-corrected chi connectivity index (χ4v) is 2.15. The van der Waals surface area contributed by atoms with Crippen LogP contribution in [0.15, 0.2) is 0 Å². The molecule has 4 heteroatoms. The van der Waals surface area contributed by atoms with Gasteiger partial charge in [0.1, 0.15) is 6.04 Å². The summed E-state index contributed by atoms with van der Waals surface area (Å²) in [6.45, 7) is 4.87. The molecule has 2 unspecified atom stereocenters. The van der Waals surface area contributed by atoms with Gasteiger partial charge in [-0.1, -0.05) is 6.92 Å². The van der Waals surface area contributed by atoms with Crippen molar-refractivity contribution in [3.63, 3.8) is 0 Å². The summed E-state index contributed by atoms with van der Waals surface area (Å²) in [6.07, 6.45) is 2.56. The van der Waals surface area contributed by atoms with Crippen molar-refractivity contribution in [3.8, 4) is 0 Å². The number of carbonyl (C=O) groups excluding carboxylic acids is 2. The van der Waals surface area contributed by atoms with Gasteiger partial charge in [0.05, 0.1) is 6.54 Å². The number of rotatable bonds is 3. The van der Waals surface area contributed by atoms with Gasteiger partial charge < -0.3 is 10.2 Å². The van der Waals surface area contributed by atoms with Crippen molar-refractivity contribution < 1.29 is 9.59 Å². The molecule has 0 spiro atoms. The van der Waals surface area contributed by atoms with Gasteiger partial charge in [0.2, 0.25) is 11.8 Å². The van der Waals surface area contributed by atoms with E-state index < -0.39 is 0 Å². The Morgan fingerprint density at radius 3 is 2.73 bits per heavy atom. The summed E-state index contributed by atoms with van der Waals surface area (Å²) in [6, 6.07) is -0.299. The van der Waals surface area contributed by atoms with Crippen LogP contribution >= 0.6 is 0 Å². The van der Waals surface area contributed by atoms with Crippen LogP contribution in [0.2, 0.25) is 0 Å². The van der Waals surface area contributed by atoms with Crippen LogP contribution in [-0.2, 0) is 9.59 Å². The smallest absolute Gasteiger partial charge is 0.242 e. The Bertz CT molecular complexity index is 286. The van der Waals surface area contributed by atoms with Gasteiger partial charge >= 0.3 is 0 Å². The van der Waals surface area contributed by atoms with E-state index >= 15 is 0 Å². The van der Waals surface area contributed by atoms with Gasteiger partial charge in [-0.3, -0.25) is 9.59 Å². The van der Waals surface area contributed by atoms with E-state index in [-0.39, 0.29) is 24.4 Å².